The Labute approximate surface area is 86.1 Å². The van der Waals surface area contributed by atoms with Crippen molar-refractivity contribution in [1.82, 2.24) is 0 Å². The normalized spacial score (nSPS) is 14.6. The van der Waals surface area contributed by atoms with Crippen LogP contribution in [0.1, 0.15) is 12.5 Å². The molecule has 0 aliphatic rings. The van der Waals surface area contributed by atoms with E-state index in [-0.39, 0.29) is 6.42 Å². The number of hydrogen-bond acceptors (Lipinski definition) is 3. The molecule has 4 N–H and O–H groups in total. The minimum absolute atomic E-state index is 0.000463. The van der Waals surface area contributed by atoms with Crippen LogP contribution < -0.4 is 5.73 Å². The van der Waals surface area contributed by atoms with Gasteiger partial charge in [0, 0.05) is 6.42 Å². The fourth-order valence-electron chi connectivity index (χ4n) is 1.16. The smallest absolute Gasteiger partial charge is 0.323 e. The van der Waals surface area contributed by atoms with Crippen molar-refractivity contribution in [2.45, 2.75) is 18.9 Å². The predicted octanol–water partition coefficient (Wildman–Crippen LogP) is 0.876. The molecular formula is C10H12FNO3. The van der Waals surface area contributed by atoms with Crippen LogP contribution in [0.25, 0.3) is 0 Å². The summed E-state index contributed by atoms with van der Waals surface area (Å²) in [6, 6.07) is 3.68. The lowest BCUT2D eigenvalue weighted by atomic mass is 9.94. The van der Waals surface area contributed by atoms with Crippen LogP contribution in [0.3, 0.4) is 0 Å². The minimum atomic E-state index is -1.44. The summed E-state index contributed by atoms with van der Waals surface area (Å²) in [5.41, 5.74) is 4.48. The summed E-state index contributed by atoms with van der Waals surface area (Å²) < 4.78 is 12.9. The molecule has 5 heteroatoms. The number of carbonyl (C=O) groups is 1. The largest absolute Gasteiger partial charge is 0.505 e. The van der Waals surface area contributed by atoms with E-state index in [0.29, 0.717) is 5.56 Å². The average molecular weight is 212 g/mol. The maximum Gasteiger partial charge on any atom is 0.323 e. The number of hydrogen-bond donors (Lipinski definition) is 3. The van der Waals surface area contributed by atoms with E-state index in [9.17, 15) is 9.18 Å². The number of carboxylic acid groups (broad SMARTS) is 1. The first-order valence-electron chi connectivity index (χ1n) is 4.32. The Bertz CT molecular complexity index is 390. The first-order chi connectivity index (χ1) is 6.83. The molecule has 0 unspecified atom stereocenters. The molecule has 0 bridgehead atoms. The highest BCUT2D eigenvalue weighted by atomic mass is 18.2. The maximum absolute atomic E-state index is 12.9. The van der Waals surface area contributed by atoms with Gasteiger partial charge in [0.1, 0.15) is 5.54 Å². The lowest BCUT2D eigenvalue weighted by molar-refractivity contribution is -0.142. The Morgan fingerprint density at radius 3 is 2.67 bits per heavy atom. The van der Waals surface area contributed by atoms with Crippen LogP contribution in [-0.2, 0) is 11.2 Å². The van der Waals surface area contributed by atoms with Crippen LogP contribution in [0.2, 0.25) is 0 Å². The fraction of sp³-hybridized carbons (Fsp3) is 0.300. The van der Waals surface area contributed by atoms with Crippen LogP contribution in [-0.4, -0.2) is 21.7 Å². The maximum atomic E-state index is 12.9. The predicted molar refractivity (Wildman–Crippen MR) is 52.0 cm³/mol. The van der Waals surface area contributed by atoms with Gasteiger partial charge < -0.3 is 15.9 Å². The number of benzene rings is 1. The molecule has 1 atom stereocenters. The summed E-state index contributed by atoms with van der Waals surface area (Å²) in [5.74, 6) is -2.41. The van der Waals surface area contributed by atoms with Crippen molar-refractivity contribution >= 4 is 5.97 Å². The number of rotatable bonds is 3. The molecule has 0 saturated carbocycles. The molecule has 0 aliphatic heterocycles. The molecule has 0 aromatic heterocycles. The third-order valence-corrected chi connectivity index (χ3v) is 2.07. The second-order valence-electron chi connectivity index (χ2n) is 3.69. The molecule has 0 saturated heterocycles. The molecule has 0 aliphatic carbocycles. The van der Waals surface area contributed by atoms with E-state index in [1.807, 2.05) is 0 Å². The van der Waals surface area contributed by atoms with E-state index in [4.69, 9.17) is 15.9 Å². The van der Waals surface area contributed by atoms with E-state index >= 15 is 0 Å². The first-order valence-corrected chi connectivity index (χ1v) is 4.32. The topological polar surface area (TPSA) is 83.5 Å². The SMILES string of the molecule is C[C@@](N)(Cc1ccc(O)c([18F])c1)C(=O)O. The van der Waals surface area contributed by atoms with Gasteiger partial charge in [-0.1, -0.05) is 6.07 Å². The molecule has 0 heterocycles. The Morgan fingerprint density at radius 1 is 1.60 bits per heavy atom. The quantitative estimate of drug-likeness (QED) is 0.694. The fourth-order valence-corrected chi connectivity index (χ4v) is 1.16. The van der Waals surface area contributed by atoms with Crippen LogP contribution in [0.4, 0.5) is 4.39 Å². The van der Waals surface area contributed by atoms with Crippen LogP contribution >= 0.6 is 0 Å². The lowest BCUT2D eigenvalue weighted by Gasteiger charge is -2.18. The summed E-state index contributed by atoms with van der Waals surface area (Å²) in [4.78, 5) is 10.7. The van der Waals surface area contributed by atoms with Crippen molar-refractivity contribution in [3.8, 4) is 5.75 Å². The third kappa shape index (κ3) is 2.66. The molecule has 1 aromatic carbocycles. The first kappa shape index (κ1) is 11.5. The van der Waals surface area contributed by atoms with Crippen molar-refractivity contribution in [3.63, 3.8) is 0 Å². The molecule has 0 radical (unpaired) electrons. The molecule has 0 spiro atoms. The summed E-state index contributed by atoms with van der Waals surface area (Å²) in [6.07, 6.45) is -0.000463. The number of phenolic OH excluding ortho intramolecular Hbond substituents is 1. The summed E-state index contributed by atoms with van der Waals surface area (Å²) in [7, 11) is 0. The van der Waals surface area contributed by atoms with Crippen molar-refractivity contribution in [2.24, 2.45) is 5.73 Å². The molecule has 1 rings (SSSR count). The van der Waals surface area contributed by atoms with Gasteiger partial charge >= 0.3 is 5.97 Å². The number of phenols is 1. The second kappa shape index (κ2) is 3.86. The molecule has 1 aromatic rings. The van der Waals surface area contributed by atoms with E-state index in [1.54, 1.807) is 0 Å². The van der Waals surface area contributed by atoms with E-state index in [2.05, 4.69) is 0 Å². The van der Waals surface area contributed by atoms with Crippen LogP contribution in [0.5, 0.6) is 5.75 Å². The Kier molecular flexibility index (Phi) is 2.95. The van der Waals surface area contributed by atoms with Gasteiger partial charge in [-0.3, -0.25) is 4.79 Å². The van der Waals surface area contributed by atoms with Gasteiger partial charge in [0.2, 0.25) is 0 Å². The van der Waals surface area contributed by atoms with Crippen molar-refractivity contribution in [1.29, 1.82) is 0 Å². The average Bonchev–Trinajstić information content (AvgIpc) is 2.10. The standard InChI is InChI=1S/C10H12FNO3/c1-10(12,9(14)15)5-6-2-3-8(13)7(11)4-6/h2-4,13H,5,12H2,1H3,(H,14,15)/t10-/m1/s1/i11-1. The van der Waals surface area contributed by atoms with E-state index in [1.165, 1.54) is 19.1 Å². The van der Waals surface area contributed by atoms with Crippen molar-refractivity contribution < 1.29 is 19.4 Å². The number of nitrogens with two attached hydrogens (primary N) is 1. The highest BCUT2D eigenvalue weighted by Crippen LogP contribution is 2.19. The Morgan fingerprint density at radius 2 is 2.20 bits per heavy atom. The molecule has 15 heavy (non-hydrogen) atoms. The number of aromatic hydroxyl groups is 1. The Balaban J connectivity index is 2.91. The third-order valence-electron chi connectivity index (χ3n) is 2.07. The van der Waals surface area contributed by atoms with Gasteiger partial charge in [-0.25, -0.2) is 4.39 Å². The number of aliphatic carboxylic acids is 1. The van der Waals surface area contributed by atoms with E-state index in [0.717, 1.165) is 6.07 Å². The van der Waals surface area contributed by atoms with Crippen molar-refractivity contribution in [3.05, 3.63) is 29.6 Å². The van der Waals surface area contributed by atoms with Gasteiger partial charge in [-0.2, -0.15) is 0 Å². The Hall–Kier alpha value is -1.62. The summed E-state index contributed by atoms with van der Waals surface area (Å²) in [6.45, 7) is 1.35. The number of carboxylic acids is 1. The lowest BCUT2D eigenvalue weighted by Crippen LogP contribution is -2.46. The molecular weight excluding hydrogens is 200 g/mol. The zero-order valence-corrected chi connectivity index (χ0v) is 8.20. The van der Waals surface area contributed by atoms with Crippen LogP contribution in [0, 0.1) is 5.82 Å². The second-order valence-corrected chi connectivity index (χ2v) is 3.69. The monoisotopic (exact) mass is 212 g/mol. The van der Waals surface area contributed by atoms with Gasteiger partial charge in [-0.15, -0.1) is 0 Å². The summed E-state index contributed by atoms with van der Waals surface area (Å²) in [5, 5.41) is 17.7. The molecule has 0 fully saturated rings. The van der Waals surface area contributed by atoms with Gasteiger partial charge in [0.15, 0.2) is 11.6 Å². The van der Waals surface area contributed by atoms with Gasteiger partial charge in [0.25, 0.3) is 0 Å². The minimum Gasteiger partial charge on any atom is -0.505 e. The number of halogens is 1. The zero-order chi connectivity index (χ0) is 11.6. The molecule has 82 valence electrons. The van der Waals surface area contributed by atoms with E-state index < -0.39 is 23.1 Å². The highest BCUT2D eigenvalue weighted by molar-refractivity contribution is 5.78. The molecule has 0 amide bonds. The van der Waals surface area contributed by atoms with Gasteiger partial charge in [-0.05, 0) is 24.6 Å². The van der Waals surface area contributed by atoms with Crippen LogP contribution in [0.15, 0.2) is 18.2 Å². The van der Waals surface area contributed by atoms with Gasteiger partial charge in [0.05, 0.1) is 0 Å². The summed E-state index contributed by atoms with van der Waals surface area (Å²) >= 11 is 0. The molecule has 4 nitrogen and oxygen atoms in total. The zero-order valence-electron chi connectivity index (χ0n) is 8.20. The van der Waals surface area contributed by atoms with Crippen molar-refractivity contribution in [2.75, 3.05) is 0 Å². The highest BCUT2D eigenvalue weighted by Gasteiger charge is 2.28.